The van der Waals surface area contributed by atoms with Gasteiger partial charge in [0.2, 0.25) is 0 Å². The quantitative estimate of drug-likeness (QED) is 0.0298. The van der Waals surface area contributed by atoms with Gasteiger partial charge in [0.25, 0.3) is 0 Å². The van der Waals surface area contributed by atoms with Crippen LogP contribution in [0.5, 0.6) is 23.0 Å². The van der Waals surface area contributed by atoms with Crippen molar-refractivity contribution in [1.29, 1.82) is 0 Å². The van der Waals surface area contributed by atoms with Crippen LogP contribution in [0.3, 0.4) is 0 Å². The van der Waals surface area contributed by atoms with Gasteiger partial charge in [0.15, 0.2) is 0 Å². The van der Waals surface area contributed by atoms with Crippen molar-refractivity contribution in [3.63, 3.8) is 0 Å². The molecule has 10 nitrogen and oxygen atoms in total. The van der Waals surface area contributed by atoms with E-state index in [1.54, 1.807) is 0 Å². The molecule has 436 valence electrons. The minimum atomic E-state index is -0.753. The first-order valence-electron chi connectivity index (χ1n) is 31.8. The molecule has 11 heteroatoms. The second-order valence-electron chi connectivity index (χ2n) is 23.8. The van der Waals surface area contributed by atoms with Gasteiger partial charge in [-0.2, -0.15) is 0 Å². The first kappa shape index (κ1) is 61.3. The van der Waals surface area contributed by atoms with Crippen molar-refractivity contribution in [3.8, 4) is 45.3 Å². The maximum atomic E-state index is 6.93. The average Bonchev–Trinajstić information content (AvgIpc) is 4.52. The summed E-state index contributed by atoms with van der Waals surface area (Å²) in [5, 5.41) is 0. The van der Waals surface area contributed by atoms with E-state index in [0.29, 0.717) is 26.4 Å². The Hall–Kier alpha value is -5.78. The van der Waals surface area contributed by atoms with Crippen molar-refractivity contribution < 1.29 is 28.3 Å². The third kappa shape index (κ3) is 17.4. The Morgan fingerprint density at radius 1 is 0.383 bits per heavy atom. The Morgan fingerprint density at radius 2 is 0.691 bits per heavy atom. The van der Waals surface area contributed by atoms with Crippen LogP contribution >= 0.6 is 0 Å². The van der Waals surface area contributed by atoms with Crippen molar-refractivity contribution in [2.45, 2.75) is 221 Å². The Labute approximate surface area is 486 Å². The monoisotopic (exact) mass is 1100 g/mol. The summed E-state index contributed by atoms with van der Waals surface area (Å²) in [6.45, 7) is 20.0. The van der Waals surface area contributed by atoms with Crippen LogP contribution in [0.2, 0.25) is 0 Å². The number of H-pyrrole nitrogens is 2. The largest absolute Gasteiger partial charge is 0.499 e. The molecule has 5 aromatic rings. The number of rotatable bonds is 35. The summed E-state index contributed by atoms with van der Waals surface area (Å²) in [5.41, 5.74) is 10.1. The molecule has 6 heterocycles. The average molecular weight is 1100 g/mol. The lowest BCUT2D eigenvalue weighted by molar-refractivity contribution is 0.00578. The van der Waals surface area contributed by atoms with Crippen LogP contribution in [0.15, 0.2) is 66.7 Å². The minimum Gasteiger partial charge on any atom is -0.493 e. The number of benzene rings is 2. The Kier molecular flexibility index (Phi) is 23.5. The lowest BCUT2D eigenvalue weighted by atomic mass is 9.76. The Balaban J connectivity index is 1.26. The molecule has 2 N–H and O–H groups in total. The molecule has 0 spiro atoms. The number of nitrogens with one attached hydrogen (secondary N) is 2. The minimum absolute atomic E-state index is 0.610. The second kappa shape index (κ2) is 31.0. The fourth-order valence-corrected chi connectivity index (χ4v) is 11.0. The topological polar surface area (TPSA) is 113 Å². The number of hydrogen-bond donors (Lipinski definition) is 2. The number of hydrogen-bond acceptors (Lipinski definition) is 8. The summed E-state index contributed by atoms with van der Waals surface area (Å²) in [4.78, 5) is 18.7. The van der Waals surface area contributed by atoms with Gasteiger partial charge in [0.1, 0.15) is 23.0 Å². The molecule has 0 amide bonds. The predicted octanol–water partition coefficient (Wildman–Crippen LogP) is 19.2. The van der Waals surface area contributed by atoms with Crippen LogP contribution in [0, 0.1) is 0 Å². The summed E-state index contributed by atoms with van der Waals surface area (Å²) in [6, 6.07) is 23.5. The molecular weight excluding hydrogens is 1000 g/mol. The van der Waals surface area contributed by atoms with E-state index in [1.165, 1.54) is 103 Å². The molecule has 81 heavy (non-hydrogen) atoms. The number of unbranched alkanes of at least 4 members (excludes halogenated alkanes) is 20. The van der Waals surface area contributed by atoms with Gasteiger partial charge in [-0.15, -0.1) is 0 Å². The van der Waals surface area contributed by atoms with Gasteiger partial charge in [-0.05, 0) is 143 Å². The van der Waals surface area contributed by atoms with Crippen molar-refractivity contribution in [2.75, 3.05) is 26.4 Å². The number of nitrogens with zero attached hydrogens (tertiary/aromatic N) is 2. The fraction of sp³-hybridized carbons (Fsp3) is 0.543. The van der Waals surface area contributed by atoms with E-state index in [9.17, 15) is 0 Å². The molecule has 3 aromatic heterocycles. The predicted molar refractivity (Wildman–Crippen MR) is 341 cm³/mol. The highest BCUT2D eigenvalue weighted by molar-refractivity contribution is 6.64. The van der Waals surface area contributed by atoms with Gasteiger partial charge in [-0.3, -0.25) is 0 Å². The van der Waals surface area contributed by atoms with E-state index in [4.69, 9.17) is 38.2 Å². The highest BCUT2D eigenvalue weighted by Crippen LogP contribution is 2.41. The summed E-state index contributed by atoms with van der Waals surface area (Å²) >= 11 is 0. The van der Waals surface area contributed by atoms with Crippen molar-refractivity contribution in [2.24, 2.45) is 0 Å². The van der Waals surface area contributed by atoms with Gasteiger partial charge in [-0.25, -0.2) is 9.97 Å². The number of ether oxygens (including phenoxy) is 4. The van der Waals surface area contributed by atoms with Crippen LogP contribution in [0.1, 0.15) is 232 Å². The van der Waals surface area contributed by atoms with Gasteiger partial charge >= 0.3 is 7.12 Å². The zero-order valence-corrected chi connectivity index (χ0v) is 50.9. The molecule has 0 saturated carbocycles. The molecule has 1 fully saturated rings. The lowest BCUT2D eigenvalue weighted by Gasteiger charge is -2.32. The van der Waals surface area contributed by atoms with E-state index in [2.05, 4.69) is 156 Å². The van der Waals surface area contributed by atoms with Crippen LogP contribution in [0.25, 0.3) is 68.6 Å². The molecule has 0 unspecified atom stereocenters. The molecule has 0 aliphatic carbocycles. The van der Waals surface area contributed by atoms with Crippen LogP contribution in [0.4, 0.5) is 0 Å². The molecule has 0 radical (unpaired) electrons. The maximum Gasteiger partial charge on any atom is 0.499 e. The molecule has 2 aromatic carbocycles. The second-order valence-corrected chi connectivity index (χ2v) is 23.8. The van der Waals surface area contributed by atoms with Crippen LogP contribution < -0.4 is 24.4 Å². The number of aromatic amines is 2. The van der Waals surface area contributed by atoms with E-state index in [1.807, 2.05) is 0 Å². The summed E-state index contributed by atoms with van der Waals surface area (Å²) in [6.07, 6.45) is 37.1. The smallest absolute Gasteiger partial charge is 0.493 e. The zero-order chi connectivity index (χ0) is 56.9. The van der Waals surface area contributed by atoms with Crippen LogP contribution in [-0.2, 0) is 9.31 Å². The summed E-state index contributed by atoms with van der Waals surface area (Å²) in [5.74, 6) is 3.16. The number of fused-ring (bicyclic) bond motifs is 8. The van der Waals surface area contributed by atoms with E-state index in [-0.39, 0.29) is 0 Å². The SMILES string of the molecule is CCCCCCCCOc1cc(OCCCCCCCC)cc(-c2c3nc(c(B4OC(C)(C)C(C)(C)O4)c4nc(c(-c5cc(OCCCCCCCC)cc(OCCCCCCCC)c5)c5ccc(cc6ccc2[nH]6)[nH]5)C=C4)C=C3)c1. The molecule has 8 bridgehead atoms. The van der Waals surface area contributed by atoms with Gasteiger partial charge in [-0.1, -0.05) is 156 Å². The lowest BCUT2D eigenvalue weighted by Crippen LogP contribution is -2.41. The van der Waals surface area contributed by atoms with Gasteiger partial charge in [0, 0.05) is 50.8 Å². The standard InChI is InChI=1S/C70H97BN4O6/c1-9-13-17-21-25-29-41-76-56-45-52(46-57(50-56)77-42-30-26-22-18-14-10-2)66-60-35-33-54(72-60)49-55-34-36-61(73-55)67(63-38-40-65(75-63)68(64-39-37-62(66)74-64)71-80-69(5,6)70(7,8)81-71)53-47-58(78-43-31-27-23-19-15-11-3)51-59(48-53)79-44-32-28-24-20-16-12-4/h33-40,45-51,72-73H,9-32,41-44H2,1-8H3. The zero-order valence-electron chi connectivity index (χ0n) is 50.9. The Bertz CT molecular complexity index is 2740. The Morgan fingerprint density at radius 3 is 1.02 bits per heavy atom. The van der Waals surface area contributed by atoms with Crippen molar-refractivity contribution in [1.82, 2.24) is 19.9 Å². The highest BCUT2D eigenvalue weighted by Gasteiger charge is 2.53. The fourth-order valence-electron chi connectivity index (χ4n) is 11.0. The van der Waals surface area contributed by atoms with E-state index >= 15 is 0 Å². The van der Waals surface area contributed by atoms with Gasteiger partial charge in [0.05, 0.1) is 60.4 Å². The third-order valence-electron chi connectivity index (χ3n) is 16.5. The molecule has 8 rings (SSSR count). The molecular formula is C70H97BN4O6. The molecule has 3 aliphatic heterocycles. The maximum absolute atomic E-state index is 6.93. The van der Waals surface area contributed by atoms with E-state index in [0.717, 1.165) is 147 Å². The highest BCUT2D eigenvalue weighted by atomic mass is 16.7. The van der Waals surface area contributed by atoms with Gasteiger partial charge < -0.3 is 38.2 Å². The first-order valence-corrected chi connectivity index (χ1v) is 31.8. The summed E-state index contributed by atoms with van der Waals surface area (Å²) in [7, 11) is -0.753. The number of aromatic nitrogens is 4. The first-order chi connectivity index (χ1) is 39.5. The van der Waals surface area contributed by atoms with Crippen molar-refractivity contribution in [3.05, 3.63) is 89.5 Å². The molecule has 1 saturated heterocycles. The van der Waals surface area contributed by atoms with E-state index < -0.39 is 18.3 Å². The van der Waals surface area contributed by atoms with Crippen LogP contribution in [-0.4, -0.2) is 64.7 Å². The van der Waals surface area contributed by atoms with Crippen molar-refractivity contribution >= 4 is 59.0 Å². The molecule has 3 aliphatic rings. The molecule has 0 atom stereocenters. The normalized spacial score (nSPS) is 14.3. The third-order valence-corrected chi connectivity index (χ3v) is 16.5. The summed E-state index contributed by atoms with van der Waals surface area (Å²) < 4.78 is 40.3.